The minimum absolute atomic E-state index is 0.676. The van der Waals surface area contributed by atoms with Gasteiger partial charge < -0.3 is 5.32 Å². The first-order valence-corrected chi connectivity index (χ1v) is 8.12. The lowest BCUT2D eigenvalue weighted by Crippen LogP contribution is -2.30. The first kappa shape index (κ1) is 15.2. The summed E-state index contributed by atoms with van der Waals surface area (Å²) in [6, 6.07) is 6.48. The van der Waals surface area contributed by atoms with Crippen LogP contribution in [-0.2, 0) is 6.42 Å². The van der Waals surface area contributed by atoms with Crippen LogP contribution >= 0.6 is 23.2 Å². The summed E-state index contributed by atoms with van der Waals surface area (Å²) >= 11 is 12.4. The average Bonchev–Trinajstić information content (AvgIpc) is 2.60. The number of hydrogen-bond donors (Lipinski definition) is 1. The lowest BCUT2D eigenvalue weighted by molar-refractivity contribution is 0.389. The van der Waals surface area contributed by atoms with Crippen LogP contribution in [0.3, 0.4) is 0 Å². The Hall–Kier alpha value is -0.240. The summed E-state index contributed by atoms with van der Waals surface area (Å²) < 4.78 is 0. The highest BCUT2D eigenvalue weighted by Gasteiger charge is 2.20. The second-order valence-electron chi connectivity index (χ2n) is 5.58. The Morgan fingerprint density at radius 2 is 2.00 bits per heavy atom. The van der Waals surface area contributed by atoms with Crippen molar-refractivity contribution in [2.45, 2.75) is 51.5 Å². The first-order chi connectivity index (χ1) is 9.19. The summed E-state index contributed by atoms with van der Waals surface area (Å²) in [5, 5.41) is 5.25. The van der Waals surface area contributed by atoms with Crippen LogP contribution < -0.4 is 5.32 Å². The smallest absolute Gasteiger partial charge is 0.0439 e. The second kappa shape index (κ2) is 7.52. The molecule has 1 aromatic rings. The molecule has 2 unspecified atom stereocenters. The van der Waals surface area contributed by atoms with Gasteiger partial charge in [0.2, 0.25) is 0 Å². The van der Waals surface area contributed by atoms with Gasteiger partial charge >= 0.3 is 0 Å². The molecule has 0 amide bonds. The van der Waals surface area contributed by atoms with Gasteiger partial charge in [-0.3, -0.25) is 0 Å². The number of benzene rings is 1. The molecule has 0 radical (unpaired) electrons. The standard InChI is InChI=1S/C16H23Cl2N/c1-2-19-15-6-4-3-5-12(10-15)9-13-11-14(17)7-8-16(13)18/h7-8,11-12,15,19H,2-6,9-10H2,1H3. The Kier molecular flexibility index (Phi) is 6.00. The fourth-order valence-electron chi connectivity index (χ4n) is 3.13. The minimum atomic E-state index is 0.676. The highest BCUT2D eigenvalue weighted by molar-refractivity contribution is 6.33. The van der Waals surface area contributed by atoms with E-state index in [-0.39, 0.29) is 0 Å². The number of nitrogens with one attached hydrogen (secondary N) is 1. The maximum atomic E-state index is 6.28. The third-order valence-corrected chi connectivity index (χ3v) is 4.65. The van der Waals surface area contributed by atoms with Crippen molar-refractivity contribution in [2.75, 3.05) is 6.54 Å². The lowest BCUT2D eigenvalue weighted by atomic mass is 9.91. The van der Waals surface area contributed by atoms with Gasteiger partial charge in [0.15, 0.2) is 0 Å². The van der Waals surface area contributed by atoms with Crippen molar-refractivity contribution in [2.24, 2.45) is 5.92 Å². The first-order valence-electron chi connectivity index (χ1n) is 7.36. The fourth-order valence-corrected chi connectivity index (χ4v) is 3.52. The highest BCUT2D eigenvalue weighted by atomic mass is 35.5. The molecule has 3 heteroatoms. The Morgan fingerprint density at radius 1 is 1.21 bits per heavy atom. The predicted molar refractivity (Wildman–Crippen MR) is 84.2 cm³/mol. The van der Waals surface area contributed by atoms with Gasteiger partial charge in [-0.25, -0.2) is 0 Å². The van der Waals surface area contributed by atoms with E-state index in [0.717, 1.165) is 28.9 Å². The molecule has 1 aliphatic carbocycles. The van der Waals surface area contributed by atoms with Gasteiger partial charge in [-0.15, -0.1) is 0 Å². The SMILES string of the molecule is CCNC1CCCCC(Cc2cc(Cl)ccc2Cl)C1. The summed E-state index contributed by atoms with van der Waals surface area (Å²) in [4.78, 5) is 0. The molecular weight excluding hydrogens is 277 g/mol. The van der Waals surface area contributed by atoms with E-state index < -0.39 is 0 Å². The molecule has 0 heterocycles. The normalized spacial score (nSPS) is 24.2. The fraction of sp³-hybridized carbons (Fsp3) is 0.625. The molecule has 0 bridgehead atoms. The van der Waals surface area contributed by atoms with Crippen LogP contribution in [0.2, 0.25) is 10.0 Å². The Labute approximate surface area is 126 Å². The van der Waals surface area contributed by atoms with E-state index >= 15 is 0 Å². The number of hydrogen-bond acceptors (Lipinski definition) is 1. The van der Waals surface area contributed by atoms with Crippen LogP contribution in [-0.4, -0.2) is 12.6 Å². The molecule has 2 atom stereocenters. The van der Waals surface area contributed by atoms with Crippen LogP contribution in [0.5, 0.6) is 0 Å². The van der Waals surface area contributed by atoms with Crippen molar-refractivity contribution in [3.63, 3.8) is 0 Å². The summed E-state index contributed by atoms with van der Waals surface area (Å²) in [6.45, 7) is 3.25. The molecule has 1 aromatic carbocycles. The number of rotatable bonds is 4. The molecule has 1 nitrogen and oxygen atoms in total. The molecule has 0 saturated heterocycles. The van der Waals surface area contributed by atoms with E-state index in [4.69, 9.17) is 23.2 Å². The van der Waals surface area contributed by atoms with E-state index in [1.807, 2.05) is 18.2 Å². The van der Waals surface area contributed by atoms with Crippen LogP contribution in [0.15, 0.2) is 18.2 Å². The molecule has 1 aliphatic rings. The monoisotopic (exact) mass is 299 g/mol. The maximum Gasteiger partial charge on any atom is 0.0439 e. The molecule has 1 fully saturated rings. The van der Waals surface area contributed by atoms with Crippen LogP contribution in [0, 0.1) is 5.92 Å². The number of halogens is 2. The van der Waals surface area contributed by atoms with Crippen LogP contribution in [0.1, 0.15) is 44.6 Å². The molecule has 19 heavy (non-hydrogen) atoms. The second-order valence-corrected chi connectivity index (χ2v) is 6.42. The highest BCUT2D eigenvalue weighted by Crippen LogP contribution is 2.30. The van der Waals surface area contributed by atoms with Crippen molar-refractivity contribution in [1.29, 1.82) is 0 Å². The molecule has 0 spiro atoms. The van der Waals surface area contributed by atoms with E-state index in [9.17, 15) is 0 Å². The Morgan fingerprint density at radius 3 is 2.79 bits per heavy atom. The largest absolute Gasteiger partial charge is 0.314 e. The predicted octanol–water partition coefficient (Wildman–Crippen LogP) is 5.09. The van der Waals surface area contributed by atoms with Crippen molar-refractivity contribution in [3.05, 3.63) is 33.8 Å². The van der Waals surface area contributed by atoms with Crippen LogP contribution in [0.25, 0.3) is 0 Å². The minimum Gasteiger partial charge on any atom is -0.314 e. The van der Waals surface area contributed by atoms with Gasteiger partial charge in [-0.1, -0.05) is 49.4 Å². The average molecular weight is 300 g/mol. The summed E-state index contributed by atoms with van der Waals surface area (Å²) in [6.07, 6.45) is 7.62. The molecule has 0 aromatic heterocycles. The zero-order chi connectivity index (χ0) is 13.7. The van der Waals surface area contributed by atoms with Gasteiger partial charge in [0.25, 0.3) is 0 Å². The summed E-state index contributed by atoms with van der Waals surface area (Å²) in [5.41, 5.74) is 1.20. The third kappa shape index (κ3) is 4.66. The molecule has 1 saturated carbocycles. The van der Waals surface area contributed by atoms with E-state index in [1.165, 1.54) is 37.7 Å². The van der Waals surface area contributed by atoms with E-state index in [0.29, 0.717) is 6.04 Å². The third-order valence-electron chi connectivity index (χ3n) is 4.04. The molecular formula is C16H23Cl2N. The lowest BCUT2D eigenvalue weighted by Gasteiger charge is -2.21. The van der Waals surface area contributed by atoms with Crippen molar-refractivity contribution in [3.8, 4) is 0 Å². The van der Waals surface area contributed by atoms with Crippen LogP contribution in [0.4, 0.5) is 0 Å². The van der Waals surface area contributed by atoms with Gasteiger partial charge in [-0.2, -0.15) is 0 Å². The van der Waals surface area contributed by atoms with Crippen molar-refractivity contribution < 1.29 is 0 Å². The molecule has 2 rings (SSSR count). The summed E-state index contributed by atoms with van der Waals surface area (Å²) in [5.74, 6) is 0.725. The molecule has 1 N–H and O–H groups in total. The maximum absolute atomic E-state index is 6.28. The quantitative estimate of drug-likeness (QED) is 0.763. The molecule has 106 valence electrons. The Bertz CT molecular complexity index is 406. The van der Waals surface area contributed by atoms with Crippen molar-refractivity contribution in [1.82, 2.24) is 5.32 Å². The van der Waals surface area contributed by atoms with Gasteiger partial charge in [0.05, 0.1) is 0 Å². The zero-order valence-corrected chi connectivity index (χ0v) is 13.1. The topological polar surface area (TPSA) is 12.0 Å². The zero-order valence-electron chi connectivity index (χ0n) is 11.6. The summed E-state index contributed by atoms with van der Waals surface area (Å²) in [7, 11) is 0. The van der Waals surface area contributed by atoms with Gasteiger partial charge in [0.1, 0.15) is 0 Å². The Balaban J connectivity index is 2.02. The van der Waals surface area contributed by atoms with Gasteiger partial charge in [0, 0.05) is 16.1 Å². The van der Waals surface area contributed by atoms with E-state index in [1.54, 1.807) is 0 Å². The van der Waals surface area contributed by atoms with Gasteiger partial charge in [-0.05, 0) is 55.5 Å². The molecule has 0 aliphatic heterocycles. The van der Waals surface area contributed by atoms with E-state index in [2.05, 4.69) is 12.2 Å². The van der Waals surface area contributed by atoms with Crippen molar-refractivity contribution >= 4 is 23.2 Å².